The van der Waals surface area contributed by atoms with Crippen molar-refractivity contribution in [3.8, 4) is 0 Å². The van der Waals surface area contributed by atoms with Crippen molar-refractivity contribution in [2.24, 2.45) is 0 Å². The van der Waals surface area contributed by atoms with E-state index in [9.17, 15) is 0 Å². The van der Waals surface area contributed by atoms with Gasteiger partial charge in [-0.05, 0) is 50.3 Å². The van der Waals surface area contributed by atoms with Crippen molar-refractivity contribution < 1.29 is 4.74 Å². The molecule has 0 aliphatic carbocycles. The maximum atomic E-state index is 5.77. The number of ether oxygens (including phenoxy) is 1. The van der Waals surface area contributed by atoms with Crippen LogP contribution in [0.1, 0.15) is 31.7 Å². The number of hydrogen-bond acceptors (Lipinski definition) is 3. The van der Waals surface area contributed by atoms with Gasteiger partial charge >= 0.3 is 0 Å². The number of aromatic nitrogens is 1. The summed E-state index contributed by atoms with van der Waals surface area (Å²) in [6.07, 6.45) is 7.16. The highest BCUT2D eigenvalue weighted by Gasteiger charge is 2.21. The maximum absolute atomic E-state index is 5.77. The molecule has 1 aliphatic rings. The van der Waals surface area contributed by atoms with E-state index in [0.717, 1.165) is 12.8 Å². The summed E-state index contributed by atoms with van der Waals surface area (Å²) in [4.78, 5) is 3.98. The fourth-order valence-electron chi connectivity index (χ4n) is 2.08. The fourth-order valence-corrected chi connectivity index (χ4v) is 2.08. The van der Waals surface area contributed by atoms with Crippen LogP contribution in [0.2, 0.25) is 0 Å². The fraction of sp³-hybridized carbons (Fsp3) is 0.583. The zero-order valence-corrected chi connectivity index (χ0v) is 9.15. The van der Waals surface area contributed by atoms with Crippen molar-refractivity contribution in [3.05, 3.63) is 23.9 Å². The largest absolute Gasteiger partial charge is 0.384 e. The molecule has 0 amide bonds. The van der Waals surface area contributed by atoms with E-state index >= 15 is 0 Å². The van der Waals surface area contributed by atoms with Gasteiger partial charge in [0, 0.05) is 6.20 Å². The lowest BCUT2D eigenvalue weighted by atomic mass is 10.1. The Balaban J connectivity index is 1.83. The van der Waals surface area contributed by atoms with E-state index in [2.05, 4.69) is 11.9 Å². The number of nitrogen functional groups attached to an aromatic ring is 1. The second-order valence-electron chi connectivity index (χ2n) is 4.27. The Morgan fingerprint density at radius 2 is 2.40 bits per heavy atom. The monoisotopic (exact) mass is 206 g/mol. The second kappa shape index (κ2) is 4.62. The van der Waals surface area contributed by atoms with Crippen LogP contribution in [-0.4, -0.2) is 17.2 Å². The molecule has 1 aromatic rings. The summed E-state index contributed by atoms with van der Waals surface area (Å²) in [7, 11) is 0. The Hall–Kier alpha value is -1.09. The smallest absolute Gasteiger partial charge is 0.123 e. The third-order valence-electron chi connectivity index (χ3n) is 2.92. The van der Waals surface area contributed by atoms with Crippen molar-refractivity contribution in [2.75, 3.05) is 5.73 Å². The Labute approximate surface area is 90.7 Å². The molecule has 1 saturated heterocycles. The zero-order chi connectivity index (χ0) is 10.7. The van der Waals surface area contributed by atoms with Crippen LogP contribution in [0.3, 0.4) is 0 Å². The Bertz CT molecular complexity index is 327. The number of rotatable bonds is 3. The minimum Gasteiger partial charge on any atom is -0.384 e. The molecule has 15 heavy (non-hydrogen) atoms. The number of nitrogens with two attached hydrogens (primary N) is 1. The quantitative estimate of drug-likeness (QED) is 0.824. The van der Waals surface area contributed by atoms with Crippen molar-refractivity contribution >= 4 is 5.82 Å². The first-order valence-electron chi connectivity index (χ1n) is 5.60. The average molecular weight is 206 g/mol. The molecule has 2 rings (SSSR count). The second-order valence-corrected chi connectivity index (χ2v) is 4.27. The summed E-state index contributed by atoms with van der Waals surface area (Å²) in [6.45, 7) is 2.14. The van der Waals surface area contributed by atoms with E-state index in [-0.39, 0.29) is 0 Å². The molecule has 1 aliphatic heterocycles. The summed E-state index contributed by atoms with van der Waals surface area (Å²) in [6, 6.07) is 3.97. The summed E-state index contributed by atoms with van der Waals surface area (Å²) in [5.74, 6) is 0.605. The van der Waals surface area contributed by atoms with Gasteiger partial charge in [-0.25, -0.2) is 4.98 Å². The summed E-state index contributed by atoms with van der Waals surface area (Å²) in [5, 5.41) is 0. The van der Waals surface area contributed by atoms with E-state index in [0.29, 0.717) is 18.0 Å². The van der Waals surface area contributed by atoms with Gasteiger partial charge in [0.05, 0.1) is 12.2 Å². The van der Waals surface area contributed by atoms with E-state index in [1.807, 2.05) is 12.1 Å². The lowest BCUT2D eigenvalue weighted by Gasteiger charge is -2.10. The van der Waals surface area contributed by atoms with E-state index in [1.165, 1.54) is 18.4 Å². The van der Waals surface area contributed by atoms with Gasteiger partial charge in [0.2, 0.25) is 0 Å². The van der Waals surface area contributed by atoms with Gasteiger partial charge in [-0.3, -0.25) is 0 Å². The van der Waals surface area contributed by atoms with E-state index in [1.54, 1.807) is 6.20 Å². The molecule has 3 heteroatoms. The minimum atomic E-state index is 0.439. The lowest BCUT2D eigenvalue weighted by Crippen LogP contribution is -2.09. The number of hydrogen-bond donors (Lipinski definition) is 1. The third-order valence-corrected chi connectivity index (χ3v) is 2.92. The Kier molecular flexibility index (Phi) is 3.21. The highest BCUT2D eigenvalue weighted by Crippen LogP contribution is 2.23. The van der Waals surface area contributed by atoms with Gasteiger partial charge in [0.15, 0.2) is 0 Å². The molecule has 2 atom stereocenters. The average Bonchev–Trinajstić information content (AvgIpc) is 2.62. The summed E-state index contributed by atoms with van der Waals surface area (Å²) >= 11 is 0. The minimum absolute atomic E-state index is 0.439. The molecular formula is C12H18N2O. The lowest BCUT2D eigenvalue weighted by molar-refractivity contribution is 0.0512. The predicted molar refractivity (Wildman–Crippen MR) is 60.5 cm³/mol. The van der Waals surface area contributed by atoms with Gasteiger partial charge < -0.3 is 10.5 Å². The molecule has 2 N–H and O–H groups in total. The van der Waals surface area contributed by atoms with Crippen molar-refractivity contribution in [1.29, 1.82) is 0 Å². The maximum Gasteiger partial charge on any atom is 0.123 e. The molecule has 3 nitrogen and oxygen atoms in total. The van der Waals surface area contributed by atoms with Gasteiger partial charge in [0.1, 0.15) is 5.82 Å². The van der Waals surface area contributed by atoms with Crippen molar-refractivity contribution in [3.63, 3.8) is 0 Å². The molecule has 2 unspecified atom stereocenters. The molecular weight excluding hydrogens is 188 g/mol. The highest BCUT2D eigenvalue weighted by molar-refractivity contribution is 5.31. The standard InChI is InChI=1S/C12H18N2O/c1-9-2-4-11(15-9)5-3-10-6-7-14-12(13)8-10/h6-9,11H,2-5H2,1H3,(H2,13,14). The molecule has 1 fully saturated rings. The van der Waals surface area contributed by atoms with Crippen LogP contribution in [0, 0.1) is 0 Å². The van der Waals surface area contributed by atoms with Gasteiger partial charge in [-0.1, -0.05) is 0 Å². The molecule has 0 spiro atoms. The van der Waals surface area contributed by atoms with Gasteiger partial charge in [-0.2, -0.15) is 0 Å². The molecule has 1 aromatic heterocycles. The number of pyridine rings is 1. The number of nitrogens with zero attached hydrogens (tertiary/aromatic N) is 1. The zero-order valence-electron chi connectivity index (χ0n) is 9.15. The van der Waals surface area contributed by atoms with Gasteiger partial charge in [0.25, 0.3) is 0 Å². The van der Waals surface area contributed by atoms with Crippen LogP contribution in [0.15, 0.2) is 18.3 Å². The molecule has 0 aromatic carbocycles. The van der Waals surface area contributed by atoms with Crippen molar-refractivity contribution in [2.45, 2.75) is 44.8 Å². The van der Waals surface area contributed by atoms with Crippen molar-refractivity contribution in [1.82, 2.24) is 4.98 Å². The van der Waals surface area contributed by atoms with E-state index < -0.39 is 0 Å². The third kappa shape index (κ3) is 2.93. The first-order valence-corrected chi connectivity index (χ1v) is 5.60. The van der Waals surface area contributed by atoms with Crippen LogP contribution >= 0.6 is 0 Å². The first kappa shape index (κ1) is 10.4. The first-order chi connectivity index (χ1) is 7.24. The van der Waals surface area contributed by atoms with Gasteiger partial charge in [-0.15, -0.1) is 0 Å². The highest BCUT2D eigenvalue weighted by atomic mass is 16.5. The SMILES string of the molecule is CC1CCC(CCc2ccnc(N)c2)O1. The molecule has 82 valence electrons. The normalized spacial score (nSPS) is 25.7. The Morgan fingerprint density at radius 3 is 3.07 bits per heavy atom. The van der Waals surface area contributed by atoms with Crippen LogP contribution in [-0.2, 0) is 11.2 Å². The Morgan fingerprint density at radius 1 is 1.53 bits per heavy atom. The van der Waals surface area contributed by atoms with Crippen LogP contribution in [0.25, 0.3) is 0 Å². The molecule has 0 radical (unpaired) electrons. The molecule has 0 bridgehead atoms. The number of anilines is 1. The van der Waals surface area contributed by atoms with Crippen LogP contribution in [0.4, 0.5) is 5.82 Å². The topological polar surface area (TPSA) is 48.1 Å². The van der Waals surface area contributed by atoms with E-state index in [4.69, 9.17) is 10.5 Å². The van der Waals surface area contributed by atoms with Crippen LogP contribution < -0.4 is 5.73 Å². The molecule has 2 heterocycles. The summed E-state index contributed by atoms with van der Waals surface area (Å²) < 4.78 is 5.77. The summed E-state index contributed by atoms with van der Waals surface area (Å²) in [5.41, 5.74) is 6.88. The molecule has 0 saturated carbocycles. The van der Waals surface area contributed by atoms with Crippen LogP contribution in [0.5, 0.6) is 0 Å². The predicted octanol–water partition coefficient (Wildman–Crippen LogP) is 2.16. The number of aryl methyl sites for hydroxylation is 1.